The maximum absolute atomic E-state index is 5.81. The van der Waals surface area contributed by atoms with Crippen LogP contribution in [0, 0.1) is 0 Å². The van der Waals surface area contributed by atoms with E-state index < -0.39 is 0 Å². The SMILES string of the molecule is CNc1cc(N)n(-c2ccc(Cl)cc2)n1. The summed E-state index contributed by atoms with van der Waals surface area (Å²) in [6.07, 6.45) is 0. The van der Waals surface area contributed by atoms with Crippen LogP contribution in [0.2, 0.25) is 5.02 Å². The van der Waals surface area contributed by atoms with Gasteiger partial charge in [0, 0.05) is 18.1 Å². The highest BCUT2D eigenvalue weighted by Gasteiger charge is 2.05. The summed E-state index contributed by atoms with van der Waals surface area (Å²) in [5.74, 6) is 1.32. The van der Waals surface area contributed by atoms with Crippen LogP contribution in [0.4, 0.5) is 11.6 Å². The lowest BCUT2D eigenvalue weighted by Gasteiger charge is -2.03. The van der Waals surface area contributed by atoms with Gasteiger partial charge in [0.05, 0.1) is 5.69 Å². The lowest BCUT2D eigenvalue weighted by atomic mass is 10.3. The first kappa shape index (κ1) is 9.86. The zero-order chi connectivity index (χ0) is 10.8. The van der Waals surface area contributed by atoms with Crippen molar-refractivity contribution in [3.05, 3.63) is 35.4 Å². The van der Waals surface area contributed by atoms with E-state index in [2.05, 4.69) is 10.4 Å². The molecular formula is C10H11ClN4. The zero-order valence-corrected chi connectivity index (χ0v) is 8.99. The quantitative estimate of drug-likeness (QED) is 0.819. The molecule has 4 nitrogen and oxygen atoms in total. The number of nitrogens with two attached hydrogens (primary N) is 1. The molecule has 0 spiro atoms. The fourth-order valence-electron chi connectivity index (χ4n) is 1.31. The highest BCUT2D eigenvalue weighted by molar-refractivity contribution is 6.30. The largest absolute Gasteiger partial charge is 0.384 e. The van der Waals surface area contributed by atoms with Crippen molar-refractivity contribution >= 4 is 23.2 Å². The van der Waals surface area contributed by atoms with Gasteiger partial charge in [0.1, 0.15) is 11.6 Å². The molecule has 0 radical (unpaired) electrons. The van der Waals surface area contributed by atoms with E-state index in [-0.39, 0.29) is 0 Å². The first-order valence-electron chi connectivity index (χ1n) is 4.50. The standard InChI is InChI=1S/C10H11ClN4/c1-13-10-6-9(12)15(14-10)8-4-2-7(11)3-5-8/h2-6H,12H2,1H3,(H,13,14). The normalized spacial score (nSPS) is 10.3. The molecule has 0 aliphatic carbocycles. The summed E-state index contributed by atoms with van der Waals surface area (Å²) in [4.78, 5) is 0. The molecule has 1 aromatic carbocycles. The molecule has 0 amide bonds. The highest BCUT2D eigenvalue weighted by Crippen LogP contribution is 2.18. The molecule has 0 saturated carbocycles. The van der Waals surface area contributed by atoms with Crippen LogP contribution in [0.25, 0.3) is 5.69 Å². The number of anilines is 2. The summed E-state index contributed by atoms with van der Waals surface area (Å²) < 4.78 is 1.65. The Kier molecular flexibility index (Phi) is 2.51. The number of hydrogen-bond acceptors (Lipinski definition) is 3. The molecule has 1 aromatic heterocycles. The predicted molar refractivity (Wildman–Crippen MR) is 62.5 cm³/mol. The van der Waals surface area contributed by atoms with Crippen LogP contribution in [0.3, 0.4) is 0 Å². The third kappa shape index (κ3) is 1.89. The Morgan fingerprint density at radius 2 is 2.00 bits per heavy atom. The summed E-state index contributed by atoms with van der Waals surface area (Å²) in [7, 11) is 1.80. The number of hydrogen-bond donors (Lipinski definition) is 2. The van der Waals surface area contributed by atoms with Gasteiger partial charge in [-0.1, -0.05) is 11.6 Å². The van der Waals surface area contributed by atoms with Crippen LogP contribution >= 0.6 is 11.6 Å². The van der Waals surface area contributed by atoms with Crippen LogP contribution in [0.5, 0.6) is 0 Å². The fraction of sp³-hybridized carbons (Fsp3) is 0.100. The summed E-state index contributed by atoms with van der Waals surface area (Å²) in [6, 6.07) is 9.11. The molecule has 0 aliphatic rings. The molecule has 0 aliphatic heterocycles. The second-order valence-electron chi connectivity index (χ2n) is 3.09. The van der Waals surface area contributed by atoms with Crippen LogP contribution in [0.15, 0.2) is 30.3 Å². The first-order valence-corrected chi connectivity index (χ1v) is 4.88. The Morgan fingerprint density at radius 3 is 2.53 bits per heavy atom. The minimum absolute atomic E-state index is 0.585. The molecule has 5 heteroatoms. The van der Waals surface area contributed by atoms with Crippen LogP contribution in [-0.2, 0) is 0 Å². The number of benzene rings is 1. The van der Waals surface area contributed by atoms with E-state index in [4.69, 9.17) is 17.3 Å². The van der Waals surface area contributed by atoms with E-state index in [1.54, 1.807) is 29.9 Å². The molecule has 15 heavy (non-hydrogen) atoms. The average molecular weight is 223 g/mol. The minimum atomic E-state index is 0.585. The first-order chi connectivity index (χ1) is 7.20. The Balaban J connectivity index is 2.44. The molecule has 0 unspecified atom stereocenters. The molecule has 2 rings (SSSR count). The maximum atomic E-state index is 5.81. The van der Waals surface area contributed by atoms with Crippen molar-refractivity contribution in [3.8, 4) is 5.69 Å². The van der Waals surface area contributed by atoms with Crippen molar-refractivity contribution in [2.24, 2.45) is 0 Å². The van der Waals surface area contributed by atoms with Gasteiger partial charge >= 0.3 is 0 Å². The molecule has 0 atom stereocenters. The van der Waals surface area contributed by atoms with Gasteiger partial charge in [0.15, 0.2) is 0 Å². The lowest BCUT2D eigenvalue weighted by Crippen LogP contribution is -2.01. The number of halogens is 1. The van der Waals surface area contributed by atoms with Gasteiger partial charge in [-0.25, -0.2) is 4.68 Å². The summed E-state index contributed by atoms with van der Waals surface area (Å²) >= 11 is 5.80. The number of rotatable bonds is 2. The number of nitrogen functional groups attached to an aromatic ring is 1. The Hall–Kier alpha value is -1.68. The van der Waals surface area contributed by atoms with Gasteiger partial charge in [-0.3, -0.25) is 0 Å². The Labute approximate surface area is 92.7 Å². The van der Waals surface area contributed by atoms with Crippen LogP contribution in [0.1, 0.15) is 0 Å². The van der Waals surface area contributed by atoms with Gasteiger partial charge < -0.3 is 11.1 Å². The van der Waals surface area contributed by atoms with Crippen molar-refractivity contribution in [2.75, 3.05) is 18.1 Å². The smallest absolute Gasteiger partial charge is 0.150 e. The summed E-state index contributed by atoms with van der Waals surface area (Å²) in [5, 5.41) is 7.89. The Morgan fingerprint density at radius 1 is 1.33 bits per heavy atom. The second kappa shape index (κ2) is 3.82. The third-order valence-corrected chi connectivity index (χ3v) is 2.32. The zero-order valence-electron chi connectivity index (χ0n) is 8.24. The molecule has 1 heterocycles. The maximum Gasteiger partial charge on any atom is 0.150 e. The van der Waals surface area contributed by atoms with Crippen molar-refractivity contribution in [3.63, 3.8) is 0 Å². The van der Waals surface area contributed by atoms with Crippen molar-refractivity contribution in [2.45, 2.75) is 0 Å². The molecule has 78 valence electrons. The van der Waals surface area contributed by atoms with Gasteiger partial charge in [-0.2, -0.15) is 0 Å². The fourth-order valence-corrected chi connectivity index (χ4v) is 1.43. The van der Waals surface area contributed by atoms with Gasteiger partial charge in [0.2, 0.25) is 0 Å². The summed E-state index contributed by atoms with van der Waals surface area (Å²) in [5.41, 5.74) is 6.70. The minimum Gasteiger partial charge on any atom is -0.384 e. The van der Waals surface area contributed by atoms with E-state index in [1.807, 2.05) is 12.1 Å². The molecule has 0 fully saturated rings. The summed E-state index contributed by atoms with van der Waals surface area (Å²) in [6.45, 7) is 0. The van der Waals surface area contributed by atoms with E-state index in [0.29, 0.717) is 10.8 Å². The molecule has 3 N–H and O–H groups in total. The molecule has 0 bridgehead atoms. The number of aromatic nitrogens is 2. The van der Waals surface area contributed by atoms with E-state index >= 15 is 0 Å². The molecule has 2 aromatic rings. The van der Waals surface area contributed by atoms with Gasteiger partial charge in [0.25, 0.3) is 0 Å². The molecular weight excluding hydrogens is 212 g/mol. The number of nitrogens with zero attached hydrogens (tertiary/aromatic N) is 2. The topological polar surface area (TPSA) is 55.9 Å². The van der Waals surface area contributed by atoms with Crippen LogP contribution in [-0.4, -0.2) is 16.8 Å². The van der Waals surface area contributed by atoms with Gasteiger partial charge in [-0.05, 0) is 24.3 Å². The van der Waals surface area contributed by atoms with Crippen molar-refractivity contribution in [1.82, 2.24) is 9.78 Å². The average Bonchev–Trinajstić information content (AvgIpc) is 2.61. The Bertz CT molecular complexity index is 461. The molecule has 0 saturated heterocycles. The van der Waals surface area contributed by atoms with Crippen LogP contribution < -0.4 is 11.1 Å². The third-order valence-electron chi connectivity index (χ3n) is 2.06. The lowest BCUT2D eigenvalue weighted by molar-refractivity contribution is 0.894. The number of nitrogens with one attached hydrogen (secondary N) is 1. The van der Waals surface area contributed by atoms with Crippen molar-refractivity contribution < 1.29 is 0 Å². The highest BCUT2D eigenvalue weighted by atomic mass is 35.5. The van der Waals surface area contributed by atoms with Crippen molar-refractivity contribution in [1.29, 1.82) is 0 Å². The van der Waals surface area contributed by atoms with E-state index in [0.717, 1.165) is 11.5 Å². The van der Waals surface area contributed by atoms with E-state index in [9.17, 15) is 0 Å². The predicted octanol–water partition coefficient (Wildman–Crippen LogP) is 2.15. The van der Waals surface area contributed by atoms with E-state index in [1.165, 1.54) is 0 Å². The monoisotopic (exact) mass is 222 g/mol. The second-order valence-corrected chi connectivity index (χ2v) is 3.53. The van der Waals surface area contributed by atoms with Gasteiger partial charge in [-0.15, -0.1) is 5.10 Å².